The van der Waals surface area contributed by atoms with Crippen molar-refractivity contribution in [2.24, 2.45) is 0 Å². The van der Waals surface area contributed by atoms with Gasteiger partial charge in [0.15, 0.2) is 0 Å². The predicted octanol–water partition coefficient (Wildman–Crippen LogP) is 5.91. The van der Waals surface area contributed by atoms with E-state index in [1.165, 1.54) is 3.97 Å². The van der Waals surface area contributed by atoms with Crippen molar-refractivity contribution < 1.29 is 13.2 Å². The molecule has 0 saturated heterocycles. The summed E-state index contributed by atoms with van der Waals surface area (Å²) in [5.74, 6) is -0.192. The van der Waals surface area contributed by atoms with E-state index in [2.05, 4.69) is 5.32 Å². The van der Waals surface area contributed by atoms with E-state index in [1.807, 2.05) is 67.6 Å². The van der Waals surface area contributed by atoms with Crippen molar-refractivity contribution in [2.75, 3.05) is 0 Å². The van der Waals surface area contributed by atoms with Crippen LogP contribution in [0.2, 0.25) is 0 Å². The van der Waals surface area contributed by atoms with Crippen LogP contribution in [-0.2, 0) is 10.0 Å². The van der Waals surface area contributed by atoms with Gasteiger partial charge in [0.2, 0.25) is 0 Å². The van der Waals surface area contributed by atoms with Gasteiger partial charge in [0, 0.05) is 22.5 Å². The van der Waals surface area contributed by atoms with Crippen molar-refractivity contribution in [3.05, 3.63) is 114 Å². The quantitative estimate of drug-likeness (QED) is 0.337. The van der Waals surface area contributed by atoms with E-state index in [4.69, 9.17) is 0 Å². The number of hydrogen-bond acceptors (Lipinski definition) is 3. The molecule has 1 N–H and O–H groups in total. The fraction of sp³-hybridized carbons (Fsp3) is 0.107. The smallest absolute Gasteiger partial charge is 0.268 e. The van der Waals surface area contributed by atoms with Crippen LogP contribution in [0.4, 0.5) is 0 Å². The number of carbonyl (C=O) groups excluding carboxylic acids is 1. The molecule has 6 heteroatoms. The lowest BCUT2D eigenvalue weighted by Crippen LogP contribution is -2.28. The van der Waals surface area contributed by atoms with Gasteiger partial charge in [-0.25, -0.2) is 12.4 Å². The summed E-state index contributed by atoms with van der Waals surface area (Å²) >= 11 is 0. The summed E-state index contributed by atoms with van der Waals surface area (Å²) in [6, 6.07) is 29.3. The molecular formula is C28H24N2O3S. The van der Waals surface area contributed by atoms with Crippen LogP contribution in [0, 0.1) is 0 Å². The summed E-state index contributed by atoms with van der Waals surface area (Å²) in [5.41, 5.74) is 2.06. The van der Waals surface area contributed by atoms with E-state index in [9.17, 15) is 13.2 Å². The van der Waals surface area contributed by atoms with Gasteiger partial charge in [0.1, 0.15) is 0 Å². The Morgan fingerprint density at radius 2 is 1.59 bits per heavy atom. The van der Waals surface area contributed by atoms with E-state index < -0.39 is 10.0 Å². The maximum absolute atomic E-state index is 13.6. The molecule has 5 rings (SSSR count). The zero-order valence-corrected chi connectivity index (χ0v) is 19.5. The first-order valence-electron chi connectivity index (χ1n) is 11.2. The second-order valence-electron chi connectivity index (χ2n) is 8.21. The molecule has 5 nitrogen and oxygen atoms in total. The zero-order chi connectivity index (χ0) is 23.7. The Labute approximate surface area is 198 Å². The molecule has 0 unspecified atom stereocenters. The summed E-state index contributed by atoms with van der Waals surface area (Å²) in [4.78, 5) is 13.2. The maximum Gasteiger partial charge on any atom is 0.268 e. The fourth-order valence-corrected chi connectivity index (χ4v) is 5.92. The van der Waals surface area contributed by atoms with E-state index in [1.54, 1.807) is 42.6 Å². The molecule has 1 aromatic heterocycles. The molecule has 0 aliphatic rings. The molecule has 1 heterocycles. The normalized spacial score (nSPS) is 12.6. The van der Waals surface area contributed by atoms with E-state index in [0.29, 0.717) is 21.9 Å². The highest BCUT2D eigenvalue weighted by molar-refractivity contribution is 7.90. The average Bonchev–Trinajstić information content (AvgIpc) is 3.31. The molecule has 0 spiro atoms. The Morgan fingerprint density at radius 1 is 0.853 bits per heavy atom. The molecule has 0 saturated carbocycles. The number of amides is 1. The van der Waals surface area contributed by atoms with Gasteiger partial charge in [0.05, 0.1) is 16.5 Å². The van der Waals surface area contributed by atoms with Crippen LogP contribution in [-0.4, -0.2) is 18.3 Å². The fourth-order valence-electron chi connectivity index (χ4n) is 4.34. The Bertz CT molecular complexity index is 1600. The van der Waals surface area contributed by atoms with Gasteiger partial charge < -0.3 is 5.32 Å². The summed E-state index contributed by atoms with van der Waals surface area (Å²) in [5, 5.41) is 5.31. The van der Waals surface area contributed by atoms with Crippen molar-refractivity contribution in [3.8, 4) is 0 Å². The lowest BCUT2D eigenvalue weighted by atomic mass is 10.0. The number of nitrogens with zero attached hydrogens (tertiary/aromatic N) is 1. The molecule has 170 valence electrons. The highest BCUT2D eigenvalue weighted by atomic mass is 32.2. The van der Waals surface area contributed by atoms with Crippen molar-refractivity contribution in [1.82, 2.24) is 9.29 Å². The lowest BCUT2D eigenvalue weighted by Gasteiger charge is -2.17. The molecule has 0 radical (unpaired) electrons. The van der Waals surface area contributed by atoms with Crippen LogP contribution in [0.3, 0.4) is 0 Å². The predicted molar refractivity (Wildman–Crippen MR) is 135 cm³/mol. The van der Waals surface area contributed by atoms with Crippen LogP contribution < -0.4 is 5.32 Å². The number of benzene rings is 4. The molecule has 0 aliphatic carbocycles. The van der Waals surface area contributed by atoms with Crippen molar-refractivity contribution in [1.29, 1.82) is 0 Å². The first-order chi connectivity index (χ1) is 16.5. The van der Waals surface area contributed by atoms with Crippen LogP contribution in [0.5, 0.6) is 0 Å². The third-order valence-electron chi connectivity index (χ3n) is 6.12. The zero-order valence-electron chi connectivity index (χ0n) is 18.7. The van der Waals surface area contributed by atoms with Crippen LogP contribution in [0.1, 0.15) is 35.3 Å². The molecule has 4 aromatic carbocycles. The minimum atomic E-state index is -3.82. The number of hydrogen-bond donors (Lipinski definition) is 1. The van der Waals surface area contributed by atoms with Gasteiger partial charge in [0.25, 0.3) is 15.9 Å². The Kier molecular flexibility index (Phi) is 5.67. The van der Waals surface area contributed by atoms with Crippen molar-refractivity contribution in [2.45, 2.75) is 24.3 Å². The highest BCUT2D eigenvalue weighted by Gasteiger charge is 2.22. The summed E-state index contributed by atoms with van der Waals surface area (Å²) in [7, 11) is -3.82. The summed E-state index contributed by atoms with van der Waals surface area (Å²) in [6.45, 7) is 2.03. The number of carbonyl (C=O) groups is 1. The SMILES string of the molecule is CC[C@H](NC(=O)c1ccc2c(ccn2S(=O)(=O)c2cccc3ccccc23)c1)c1ccccc1. The van der Waals surface area contributed by atoms with Gasteiger partial charge in [-0.15, -0.1) is 0 Å². The first kappa shape index (κ1) is 21.9. The summed E-state index contributed by atoms with van der Waals surface area (Å²) in [6.07, 6.45) is 2.31. The summed E-state index contributed by atoms with van der Waals surface area (Å²) < 4.78 is 28.4. The third-order valence-corrected chi connectivity index (χ3v) is 7.87. The molecule has 5 aromatic rings. The minimum Gasteiger partial charge on any atom is -0.345 e. The number of fused-ring (bicyclic) bond motifs is 2. The largest absolute Gasteiger partial charge is 0.345 e. The van der Waals surface area contributed by atoms with Gasteiger partial charge in [-0.1, -0.05) is 73.7 Å². The molecular weight excluding hydrogens is 444 g/mol. The Morgan fingerprint density at radius 3 is 2.38 bits per heavy atom. The molecule has 1 atom stereocenters. The van der Waals surface area contributed by atoms with Crippen LogP contribution >= 0.6 is 0 Å². The average molecular weight is 469 g/mol. The van der Waals surface area contributed by atoms with E-state index >= 15 is 0 Å². The number of aromatic nitrogens is 1. The van der Waals surface area contributed by atoms with Crippen LogP contribution in [0.15, 0.2) is 108 Å². The Hall–Kier alpha value is -3.90. The van der Waals surface area contributed by atoms with Gasteiger partial charge >= 0.3 is 0 Å². The van der Waals surface area contributed by atoms with Gasteiger partial charge in [-0.3, -0.25) is 4.79 Å². The first-order valence-corrected chi connectivity index (χ1v) is 12.6. The monoisotopic (exact) mass is 468 g/mol. The Balaban J connectivity index is 1.49. The second-order valence-corrected chi connectivity index (χ2v) is 10.00. The molecule has 0 aliphatic heterocycles. The van der Waals surface area contributed by atoms with Gasteiger partial charge in [-0.05, 0) is 47.7 Å². The van der Waals surface area contributed by atoms with E-state index in [0.717, 1.165) is 17.4 Å². The van der Waals surface area contributed by atoms with E-state index in [-0.39, 0.29) is 16.8 Å². The number of rotatable bonds is 6. The van der Waals surface area contributed by atoms with Crippen molar-refractivity contribution in [3.63, 3.8) is 0 Å². The van der Waals surface area contributed by atoms with Crippen LogP contribution in [0.25, 0.3) is 21.7 Å². The topological polar surface area (TPSA) is 68.2 Å². The van der Waals surface area contributed by atoms with Crippen molar-refractivity contribution >= 4 is 37.6 Å². The molecule has 0 fully saturated rings. The minimum absolute atomic E-state index is 0.0965. The van der Waals surface area contributed by atoms with Gasteiger partial charge in [-0.2, -0.15) is 0 Å². The highest BCUT2D eigenvalue weighted by Crippen LogP contribution is 2.28. The molecule has 1 amide bonds. The standard InChI is InChI=1S/C28H24N2O3S/c1-2-25(21-10-4-3-5-11-21)29-28(31)23-15-16-26-22(19-23)17-18-30(26)34(32,33)27-14-8-12-20-9-6-7-13-24(20)27/h3-19,25H,2H2,1H3,(H,29,31)/t25-/m0/s1. The third kappa shape index (κ3) is 3.86. The second kappa shape index (κ2) is 8.80. The maximum atomic E-state index is 13.6. The number of nitrogens with one attached hydrogen (secondary N) is 1. The lowest BCUT2D eigenvalue weighted by molar-refractivity contribution is 0.0935. The molecule has 34 heavy (non-hydrogen) atoms. The molecule has 0 bridgehead atoms.